The molecule has 0 unspecified atom stereocenters. The third-order valence-corrected chi connectivity index (χ3v) is 7.40. The molecular formula is C31H34F3N5O. The van der Waals surface area contributed by atoms with Crippen molar-refractivity contribution in [1.82, 2.24) is 19.9 Å². The number of pyridine rings is 1. The van der Waals surface area contributed by atoms with E-state index in [1.54, 1.807) is 18.2 Å². The highest BCUT2D eigenvalue weighted by atomic mass is 19.4. The number of anilines is 2. The monoisotopic (exact) mass is 549 g/mol. The van der Waals surface area contributed by atoms with Crippen LogP contribution in [0.15, 0.2) is 61.1 Å². The Labute approximate surface area is 232 Å². The van der Waals surface area contributed by atoms with Crippen LogP contribution in [0.1, 0.15) is 51.7 Å². The van der Waals surface area contributed by atoms with Crippen molar-refractivity contribution in [2.75, 3.05) is 25.0 Å². The van der Waals surface area contributed by atoms with E-state index in [0.29, 0.717) is 34.9 Å². The lowest BCUT2D eigenvalue weighted by Gasteiger charge is -2.25. The second kappa shape index (κ2) is 11.0. The number of nitrogens with zero attached hydrogens (tertiary/aromatic N) is 4. The van der Waals surface area contributed by atoms with Crippen LogP contribution in [0.4, 0.5) is 24.7 Å². The van der Waals surface area contributed by atoms with E-state index in [1.807, 2.05) is 12.1 Å². The Hall–Kier alpha value is -3.72. The first kappa shape index (κ1) is 27.8. The third kappa shape index (κ3) is 6.04. The summed E-state index contributed by atoms with van der Waals surface area (Å²) in [7, 11) is 0. The van der Waals surface area contributed by atoms with Gasteiger partial charge in [-0.05, 0) is 67.6 Å². The van der Waals surface area contributed by atoms with Gasteiger partial charge < -0.3 is 10.1 Å². The number of alkyl halides is 3. The first-order valence-electron chi connectivity index (χ1n) is 13.6. The van der Waals surface area contributed by atoms with E-state index >= 15 is 0 Å². The third-order valence-electron chi connectivity index (χ3n) is 7.40. The van der Waals surface area contributed by atoms with E-state index < -0.39 is 11.7 Å². The summed E-state index contributed by atoms with van der Waals surface area (Å²) < 4.78 is 47.1. The highest BCUT2D eigenvalue weighted by Gasteiger charge is 2.34. The van der Waals surface area contributed by atoms with Crippen LogP contribution in [0, 0.1) is 0 Å². The second-order valence-corrected chi connectivity index (χ2v) is 11.3. The lowest BCUT2D eigenvalue weighted by molar-refractivity contribution is -0.137. The molecule has 1 N–H and O–H groups in total. The Morgan fingerprint density at radius 3 is 2.55 bits per heavy atom. The zero-order valence-corrected chi connectivity index (χ0v) is 23.2. The molecule has 0 saturated carbocycles. The van der Waals surface area contributed by atoms with Gasteiger partial charge in [0.15, 0.2) is 0 Å². The predicted octanol–water partition coefficient (Wildman–Crippen LogP) is 7.61. The fraction of sp³-hybridized carbons (Fsp3) is 0.387. The summed E-state index contributed by atoms with van der Waals surface area (Å²) in [5.41, 5.74) is 1.73. The van der Waals surface area contributed by atoms with Crippen molar-refractivity contribution >= 4 is 22.4 Å². The van der Waals surface area contributed by atoms with Gasteiger partial charge in [-0.25, -0.2) is 9.97 Å². The number of fused-ring (bicyclic) bond motifs is 1. The van der Waals surface area contributed by atoms with Gasteiger partial charge in [0.1, 0.15) is 24.5 Å². The fourth-order valence-corrected chi connectivity index (χ4v) is 5.24. The van der Waals surface area contributed by atoms with Crippen molar-refractivity contribution in [3.05, 3.63) is 72.2 Å². The van der Waals surface area contributed by atoms with Crippen LogP contribution < -0.4 is 10.1 Å². The Morgan fingerprint density at radius 1 is 1.00 bits per heavy atom. The second-order valence-electron chi connectivity index (χ2n) is 11.3. The predicted molar refractivity (Wildman–Crippen MR) is 152 cm³/mol. The van der Waals surface area contributed by atoms with E-state index in [2.05, 4.69) is 58.9 Å². The molecule has 0 aliphatic carbocycles. The minimum atomic E-state index is -4.51. The number of hydrogen-bond donors (Lipinski definition) is 1. The molecule has 1 aliphatic rings. The van der Waals surface area contributed by atoms with Gasteiger partial charge >= 0.3 is 6.18 Å². The van der Waals surface area contributed by atoms with Crippen LogP contribution in [0.5, 0.6) is 5.75 Å². The van der Waals surface area contributed by atoms with E-state index in [-0.39, 0.29) is 11.1 Å². The highest BCUT2D eigenvalue weighted by Crippen LogP contribution is 2.38. The molecule has 2 aromatic heterocycles. The maximum atomic E-state index is 13.6. The number of aromatic nitrogens is 3. The maximum Gasteiger partial charge on any atom is 0.418 e. The number of ether oxygens (including phenoxy) is 1. The van der Waals surface area contributed by atoms with Gasteiger partial charge in [-0.15, -0.1) is 0 Å². The van der Waals surface area contributed by atoms with Crippen LogP contribution in [-0.2, 0) is 11.6 Å². The Balaban J connectivity index is 1.42. The molecule has 0 radical (unpaired) electrons. The lowest BCUT2D eigenvalue weighted by atomic mass is 9.86. The molecule has 1 atom stereocenters. The van der Waals surface area contributed by atoms with Gasteiger partial charge in [-0.1, -0.05) is 32.9 Å². The molecule has 5 rings (SSSR count). The van der Waals surface area contributed by atoms with E-state index in [9.17, 15) is 13.2 Å². The summed E-state index contributed by atoms with van der Waals surface area (Å²) >= 11 is 0. The standard InChI is InChI=1S/C31H34F3N5O/c1-20-7-6-14-39(20)15-16-40-27-18-22(10-12-24(27)30(2,3)4)38-29-23-11-9-21(17-26(23)36-19-37-29)28-25(31(32,33)34)8-5-13-35-28/h5,8-13,17-20H,6-7,14-16H2,1-4H3,(H,36,37,38)/t20-/m1/s1. The molecule has 0 bridgehead atoms. The molecule has 1 aliphatic heterocycles. The fourth-order valence-electron chi connectivity index (χ4n) is 5.24. The molecule has 4 aromatic rings. The summed E-state index contributed by atoms with van der Waals surface area (Å²) in [4.78, 5) is 15.2. The first-order chi connectivity index (χ1) is 19.0. The van der Waals surface area contributed by atoms with Gasteiger partial charge in [-0.3, -0.25) is 9.88 Å². The zero-order chi connectivity index (χ0) is 28.5. The number of benzene rings is 2. The Morgan fingerprint density at radius 2 is 1.82 bits per heavy atom. The number of nitrogens with one attached hydrogen (secondary N) is 1. The SMILES string of the molecule is C[C@@H]1CCCN1CCOc1cc(Nc2ncnc3cc(-c4ncccc4C(F)(F)F)ccc23)ccc1C(C)(C)C. The van der Waals surface area contributed by atoms with E-state index in [4.69, 9.17) is 4.74 Å². The molecule has 9 heteroatoms. The van der Waals surface area contributed by atoms with Crippen LogP contribution in [0.3, 0.4) is 0 Å². The van der Waals surface area contributed by atoms with Crippen molar-refractivity contribution < 1.29 is 17.9 Å². The Bertz CT molecular complexity index is 1500. The van der Waals surface area contributed by atoms with Gasteiger partial charge in [0.05, 0.1) is 16.8 Å². The molecule has 6 nitrogen and oxygen atoms in total. The number of rotatable bonds is 7. The van der Waals surface area contributed by atoms with Crippen molar-refractivity contribution in [3.8, 4) is 17.0 Å². The first-order valence-corrected chi connectivity index (χ1v) is 13.6. The number of hydrogen-bond acceptors (Lipinski definition) is 6. The smallest absolute Gasteiger partial charge is 0.418 e. The maximum absolute atomic E-state index is 13.6. The summed E-state index contributed by atoms with van der Waals surface area (Å²) in [6.45, 7) is 11.3. The highest BCUT2D eigenvalue weighted by molar-refractivity contribution is 5.93. The number of likely N-dealkylation sites (tertiary alicyclic amines) is 1. The summed E-state index contributed by atoms with van der Waals surface area (Å²) in [5.74, 6) is 1.37. The topological polar surface area (TPSA) is 63.2 Å². The quantitative estimate of drug-likeness (QED) is 0.256. The molecular weight excluding hydrogens is 515 g/mol. The van der Waals surface area contributed by atoms with Gasteiger partial charge in [-0.2, -0.15) is 13.2 Å². The summed E-state index contributed by atoms with van der Waals surface area (Å²) in [6.07, 6.45) is 0.701. The molecule has 40 heavy (non-hydrogen) atoms. The van der Waals surface area contributed by atoms with Crippen molar-refractivity contribution in [2.45, 2.75) is 58.2 Å². The summed E-state index contributed by atoms with van der Waals surface area (Å²) in [5, 5.41) is 4.04. The zero-order valence-electron chi connectivity index (χ0n) is 23.2. The van der Waals surface area contributed by atoms with Crippen LogP contribution in [0.25, 0.3) is 22.2 Å². The molecule has 210 valence electrons. The Kier molecular flexibility index (Phi) is 7.68. The van der Waals surface area contributed by atoms with Gasteiger partial charge in [0.25, 0.3) is 0 Å². The molecule has 1 saturated heterocycles. The minimum Gasteiger partial charge on any atom is -0.492 e. The minimum absolute atomic E-state index is 0.104. The van der Waals surface area contributed by atoms with Crippen molar-refractivity contribution in [1.29, 1.82) is 0 Å². The molecule has 0 spiro atoms. The molecule has 0 amide bonds. The van der Waals surface area contributed by atoms with Gasteiger partial charge in [0, 0.05) is 41.5 Å². The van der Waals surface area contributed by atoms with Gasteiger partial charge in [0.2, 0.25) is 0 Å². The average Bonchev–Trinajstić information content (AvgIpc) is 3.32. The molecule has 1 fully saturated rings. The molecule has 2 aromatic carbocycles. The normalized spacial score (nSPS) is 16.4. The van der Waals surface area contributed by atoms with E-state index in [1.165, 1.54) is 31.4 Å². The van der Waals surface area contributed by atoms with Crippen molar-refractivity contribution in [2.24, 2.45) is 0 Å². The number of halogens is 3. The van der Waals surface area contributed by atoms with Crippen LogP contribution in [-0.4, -0.2) is 45.6 Å². The molecule has 3 heterocycles. The lowest BCUT2D eigenvalue weighted by Crippen LogP contribution is -2.31. The van der Waals surface area contributed by atoms with E-state index in [0.717, 1.165) is 36.2 Å². The van der Waals surface area contributed by atoms with Crippen LogP contribution in [0.2, 0.25) is 0 Å². The summed E-state index contributed by atoms with van der Waals surface area (Å²) in [6, 6.07) is 13.9. The largest absolute Gasteiger partial charge is 0.492 e. The average molecular weight is 550 g/mol. The van der Waals surface area contributed by atoms with Crippen LogP contribution >= 0.6 is 0 Å². The van der Waals surface area contributed by atoms with Crippen molar-refractivity contribution in [3.63, 3.8) is 0 Å².